The zero-order valence-electron chi connectivity index (χ0n) is 21.0. The van der Waals surface area contributed by atoms with Crippen molar-refractivity contribution in [3.8, 4) is 11.3 Å². The van der Waals surface area contributed by atoms with Gasteiger partial charge in [0.1, 0.15) is 5.82 Å². The lowest BCUT2D eigenvalue weighted by molar-refractivity contribution is -0.135. The zero-order chi connectivity index (χ0) is 25.8. The fourth-order valence-electron chi connectivity index (χ4n) is 5.13. The molecule has 3 aromatic carbocycles. The number of aromatic nitrogens is 2. The fourth-order valence-corrected chi connectivity index (χ4v) is 5.13. The molecule has 4 aromatic rings. The molecule has 1 unspecified atom stereocenters. The Kier molecular flexibility index (Phi) is 7.30. The smallest absolute Gasteiger partial charge is 0.254 e. The summed E-state index contributed by atoms with van der Waals surface area (Å²) in [4.78, 5) is 30.2. The number of H-pyrrole nitrogens is 1. The van der Waals surface area contributed by atoms with E-state index < -0.39 is 0 Å². The van der Waals surface area contributed by atoms with Crippen LogP contribution in [0.3, 0.4) is 0 Å². The molecule has 2 amide bonds. The summed E-state index contributed by atoms with van der Waals surface area (Å²) < 4.78 is 13.2. The number of hydrogen-bond acceptors (Lipinski definition) is 3. The van der Waals surface area contributed by atoms with Crippen molar-refractivity contribution >= 4 is 22.6 Å². The summed E-state index contributed by atoms with van der Waals surface area (Å²) in [6, 6.07) is 21.9. The molecule has 1 saturated heterocycles. The average molecular weight is 499 g/mol. The van der Waals surface area contributed by atoms with E-state index in [2.05, 4.69) is 10.2 Å². The minimum Gasteiger partial charge on any atom is -0.345 e. The third-order valence-electron chi connectivity index (χ3n) is 7.16. The van der Waals surface area contributed by atoms with Crippen LogP contribution in [0.15, 0.2) is 72.8 Å². The topological polar surface area (TPSA) is 69.3 Å². The Bertz CT molecular complexity index is 1390. The van der Waals surface area contributed by atoms with Crippen molar-refractivity contribution in [3.05, 3.63) is 89.9 Å². The molecule has 6 nitrogen and oxygen atoms in total. The number of halogens is 1. The SMILES string of the molecule is CN(CCCc1cc(-c2ccc(F)cc2)n[nH]1)C(=O)C1CCCN(C(=O)c2cccc3ccccc23)C1. The molecule has 190 valence electrons. The van der Waals surface area contributed by atoms with Gasteiger partial charge in [0.15, 0.2) is 0 Å². The third kappa shape index (κ3) is 5.56. The Balaban J connectivity index is 1.15. The van der Waals surface area contributed by atoms with Crippen LogP contribution >= 0.6 is 0 Å². The maximum atomic E-state index is 13.4. The molecule has 37 heavy (non-hydrogen) atoms. The Labute approximate surface area is 216 Å². The summed E-state index contributed by atoms with van der Waals surface area (Å²) in [5.74, 6) is -0.374. The highest BCUT2D eigenvalue weighted by molar-refractivity contribution is 6.07. The average Bonchev–Trinajstić information content (AvgIpc) is 3.41. The van der Waals surface area contributed by atoms with Crippen LogP contribution < -0.4 is 0 Å². The number of aryl methyl sites for hydroxylation is 1. The quantitative estimate of drug-likeness (QED) is 0.375. The number of carbonyl (C=O) groups is 2. The van der Waals surface area contributed by atoms with Gasteiger partial charge in [-0.1, -0.05) is 36.4 Å². The van der Waals surface area contributed by atoms with E-state index in [1.54, 1.807) is 17.0 Å². The molecular weight excluding hydrogens is 467 g/mol. The van der Waals surface area contributed by atoms with Crippen molar-refractivity contribution in [1.82, 2.24) is 20.0 Å². The number of fused-ring (bicyclic) bond motifs is 1. The molecule has 0 saturated carbocycles. The predicted octanol–water partition coefficient (Wildman–Crippen LogP) is 5.31. The predicted molar refractivity (Wildman–Crippen MR) is 143 cm³/mol. The van der Waals surface area contributed by atoms with Crippen molar-refractivity contribution in [2.24, 2.45) is 5.92 Å². The maximum Gasteiger partial charge on any atom is 0.254 e. The highest BCUT2D eigenvalue weighted by Crippen LogP contribution is 2.25. The second-order valence-electron chi connectivity index (χ2n) is 9.77. The molecule has 7 heteroatoms. The number of carbonyl (C=O) groups excluding carboxylic acids is 2. The van der Waals surface area contributed by atoms with E-state index in [1.165, 1.54) is 12.1 Å². The van der Waals surface area contributed by atoms with Gasteiger partial charge >= 0.3 is 0 Å². The van der Waals surface area contributed by atoms with Crippen LogP contribution in [0.4, 0.5) is 4.39 Å². The van der Waals surface area contributed by atoms with Crippen LogP contribution in [0.1, 0.15) is 35.3 Å². The summed E-state index contributed by atoms with van der Waals surface area (Å²) in [5, 5.41) is 9.35. The molecular formula is C30H31FN4O2. The molecule has 1 fully saturated rings. The highest BCUT2D eigenvalue weighted by atomic mass is 19.1. The highest BCUT2D eigenvalue weighted by Gasteiger charge is 2.31. The van der Waals surface area contributed by atoms with Crippen molar-refractivity contribution in [3.63, 3.8) is 0 Å². The van der Waals surface area contributed by atoms with Crippen LogP contribution in [0.2, 0.25) is 0 Å². The molecule has 0 radical (unpaired) electrons. The van der Waals surface area contributed by atoms with Gasteiger partial charge in [-0.15, -0.1) is 0 Å². The summed E-state index contributed by atoms with van der Waals surface area (Å²) >= 11 is 0. The van der Waals surface area contributed by atoms with Crippen LogP contribution in [0.5, 0.6) is 0 Å². The lowest BCUT2D eigenvalue weighted by Crippen LogP contribution is -2.46. The van der Waals surface area contributed by atoms with Crippen LogP contribution in [0.25, 0.3) is 22.0 Å². The van der Waals surface area contributed by atoms with E-state index in [1.807, 2.05) is 60.5 Å². The van der Waals surface area contributed by atoms with Crippen LogP contribution in [-0.4, -0.2) is 58.5 Å². The molecule has 1 N–H and O–H groups in total. The number of likely N-dealkylation sites (tertiary alicyclic amines) is 1. The van der Waals surface area contributed by atoms with Crippen molar-refractivity contribution in [2.75, 3.05) is 26.7 Å². The second-order valence-corrected chi connectivity index (χ2v) is 9.77. The number of hydrogen-bond donors (Lipinski definition) is 1. The minimum absolute atomic E-state index is 0.00634. The Morgan fingerprint density at radius 2 is 1.86 bits per heavy atom. The molecule has 1 atom stereocenters. The summed E-state index contributed by atoms with van der Waals surface area (Å²) in [5.41, 5.74) is 3.30. The number of amides is 2. The van der Waals surface area contributed by atoms with E-state index in [9.17, 15) is 14.0 Å². The lowest BCUT2D eigenvalue weighted by Gasteiger charge is -2.34. The summed E-state index contributed by atoms with van der Waals surface area (Å²) in [6.07, 6.45) is 3.16. The van der Waals surface area contributed by atoms with Crippen LogP contribution in [0, 0.1) is 11.7 Å². The molecule has 0 bridgehead atoms. The van der Waals surface area contributed by atoms with Crippen molar-refractivity contribution < 1.29 is 14.0 Å². The van der Waals surface area contributed by atoms with Gasteiger partial charge in [0, 0.05) is 43.5 Å². The van der Waals surface area contributed by atoms with Gasteiger partial charge in [-0.2, -0.15) is 5.10 Å². The number of rotatable bonds is 7. The van der Waals surface area contributed by atoms with Gasteiger partial charge in [0.2, 0.25) is 5.91 Å². The first-order valence-electron chi connectivity index (χ1n) is 12.8. The first kappa shape index (κ1) is 24.7. The molecule has 2 heterocycles. The lowest BCUT2D eigenvalue weighted by atomic mass is 9.95. The second kappa shape index (κ2) is 10.9. The number of aromatic amines is 1. The van der Waals surface area contributed by atoms with Gasteiger partial charge in [0.25, 0.3) is 5.91 Å². The number of nitrogens with zero attached hydrogens (tertiary/aromatic N) is 3. The van der Waals surface area contributed by atoms with Gasteiger partial charge in [-0.3, -0.25) is 14.7 Å². The van der Waals surface area contributed by atoms with Gasteiger partial charge in [-0.05, 0) is 72.9 Å². The van der Waals surface area contributed by atoms with Crippen molar-refractivity contribution in [2.45, 2.75) is 25.7 Å². The van der Waals surface area contributed by atoms with Crippen molar-refractivity contribution in [1.29, 1.82) is 0 Å². The first-order valence-corrected chi connectivity index (χ1v) is 12.8. The normalized spacial score (nSPS) is 15.6. The Morgan fingerprint density at radius 3 is 2.70 bits per heavy atom. The van der Waals surface area contributed by atoms with E-state index >= 15 is 0 Å². The third-order valence-corrected chi connectivity index (χ3v) is 7.16. The molecule has 0 spiro atoms. The fraction of sp³-hybridized carbons (Fsp3) is 0.300. The first-order chi connectivity index (χ1) is 18.0. The number of benzene rings is 3. The minimum atomic E-state index is -0.272. The molecule has 0 aliphatic carbocycles. The molecule has 1 aliphatic rings. The zero-order valence-corrected chi connectivity index (χ0v) is 21.0. The van der Waals surface area contributed by atoms with Gasteiger partial charge in [0.05, 0.1) is 11.6 Å². The molecule has 1 aliphatic heterocycles. The van der Waals surface area contributed by atoms with E-state index in [0.29, 0.717) is 25.2 Å². The number of piperidine rings is 1. The van der Waals surface area contributed by atoms with Crippen LogP contribution in [-0.2, 0) is 11.2 Å². The largest absolute Gasteiger partial charge is 0.345 e. The Morgan fingerprint density at radius 1 is 1.08 bits per heavy atom. The van der Waals surface area contributed by atoms with E-state index in [-0.39, 0.29) is 23.5 Å². The van der Waals surface area contributed by atoms with Gasteiger partial charge < -0.3 is 9.80 Å². The van der Waals surface area contributed by atoms with E-state index in [0.717, 1.165) is 53.4 Å². The van der Waals surface area contributed by atoms with E-state index in [4.69, 9.17) is 0 Å². The summed E-state index contributed by atoms with van der Waals surface area (Å²) in [7, 11) is 1.84. The molecule has 1 aromatic heterocycles. The Hall–Kier alpha value is -4.00. The number of nitrogens with one attached hydrogen (secondary N) is 1. The maximum absolute atomic E-state index is 13.4. The van der Waals surface area contributed by atoms with Gasteiger partial charge in [-0.25, -0.2) is 4.39 Å². The summed E-state index contributed by atoms with van der Waals surface area (Å²) in [6.45, 7) is 1.75. The molecule has 5 rings (SSSR count). The standard InChI is InChI=1S/C30H31FN4O2/c1-34(17-6-10-25-19-28(33-32-25)22-13-15-24(31)16-14-22)29(36)23-9-5-18-35(20-23)30(37)27-12-4-8-21-7-2-3-11-26(21)27/h2-4,7-8,11-16,19,23H,5-6,9-10,17-18,20H2,1H3,(H,32,33). The monoisotopic (exact) mass is 498 g/mol.